The predicted octanol–water partition coefficient (Wildman–Crippen LogP) is 1.03. The normalized spacial score (nSPS) is 26.2. The summed E-state index contributed by atoms with van der Waals surface area (Å²) in [6.45, 7) is 9.71. The predicted molar refractivity (Wildman–Crippen MR) is 92.6 cm³/mol. The number of hydrogen-bond acceptors (Lipinski definition) is 6. The molecule has 1 aromatic heterocycles. The van der Waals surface area contributed by atoms with Crippen molar-refractivity contribution in [3.8, 4) is 0 Å². The summed E-state index contributed by atoms with van der Waals surface area (Å²) in [4.78, 5) is 26.1. The number of anilines is 1. The third-order valence-corrected chi connectivity index (χ3v) is 5.63. The minimum absolute atomic E-state index is 0.187. The number of amides is 1. The molecule has 1 unspecified atom stereocenters. The Kier molecular flexibility index (Phi) is 4.37. The molecular weight excluding hydrogens is 320 g/mol. The molecule has 3 aliphatic heterocycles. The fourth-order valence-electron chi connectivity index (χ4n) is 4.13. The van der Waals surface area contributed by atoms with E-state index in [9.17, 15) is 4.79 Å². The zero-order chi connectivity index (χ0) is 17.4. The van der Waals surface area contributed by atoms with Crippen LogP contribution in [0.3, 0.4) is 0 Å². The van der Waals surface area contributed by atoms with E-state index >= 15 is 0 Å². The maximum Gasteiger partial charge on any atom is 0.225 e. The van der Waals surface area contributed by atoms with Gasteiger partial charge in [-0.2, -0.15) is 0 Å². The van der Waals surface area contributed by atoms with Gasteiger partial charge >= 0.3 is 0 Å². The van der Waals surface area contributed by atoms with Crippen LogP contribution in [-0.2, 0) is 26.3 Å². The molecule has 1 amide bonds. The van der Waals surface area contributed by atoms with Crippen LogP contribution in [0, 0.1) is 6.92 Å². The summed E-state index contributed by atoms with van der Waals surface area (Å²) in [5, 5.41) is 0. The Labute approximate surface area is 148 Å². The average molecular weight is 346 g/mol. The SMILES string of the molecule is CCC(=O)N1CCC2(COCc3c(C)nc(N4CCOCC4)nc32)C1. The number of aryl methyl sites for hydroxylation is 1. The van der Waals surface area contributed by atoms with E-state index < -0.39 is 0 Å². The van der Waals surface area contributed by atoms with E-state index in [1.165, 1.54) is 0 Å². The van der Waals surface area contributed by atoms with Gasteiger partial charge in [0.25, 0.3) is 0 Å². The first-order valence-corrected chi connectivity index (χ1v) is 9.19. The summed E-state index contributed by atoms with van der Waals surface area (Å²) >= 11 is 0. The molecule has 0 aliphatic carbocycles. The summed E-state index contributed by atoms with van der Waals surface area (Å²) in [5.74, 6) is 1.00. The molecule has 0 aromatic carbocycles. The highest BCUT2D eigenvalue weighted by atomic mass is 16.5. The van der Waals surface area contributed by atoms with Crippen LogP contribution in [0.15, 0.2) is 0 Å². The Bertz CT molecular complexity index is 675. The second-order valence-electron chi connectivity index (χ2n) is 7.23. The number of carbonyl (C=O) groups is 1. The number of ether oxygens (including phenoxy) is 2. The van der Waals surface area contributed by atoms with E-state index in [2.05, 4.69) is 4.90 Å². The van der Waals surface area contributed by atoms with Crippen molar-refractivity contribution in [3.63, 3.8) is 0 Å². The van der Waals surface area contributed by atoms with Crippen molar-refractivity contribution in [2.24, 2.45) is 0 Å². The maximum absolute atomic E-state index is 12.2. The largest absolute Gasteiger partial charge is 0.378 e. The number of aromatic nitrogens is 2. The van der Waals surface area contributed by atoms with Crippen LogP contribution < -0.4 is 4.90 Å². The highest BCUT2D eigenvalue weighted by Crippen LogP contribution is 2.40. The Hall–Kier alpha value is -1.73. The van der Waals surface area contributed by atoms with Gasteiger partial charge in [-0.05, 0) is 13.3 Å². The van der Waals surface area contributed by atoms with Crippen LogP contribution in [0.5, 0.6) is 0 Å². The molecule has 136 valence electrons. The van der Waals surface area contributed by atoms with Crippen LogP contribution in [0.4, 0.5) is 5.95 Å². The van der Waals surface area contributed by atoms with Crippen LogP contribution in [0.1, 0.15) is 36.7 Å². The molecule has 4 heterocycles. The lowest BCUT2D eigenvalue weighted by Crippen LogP contribution is -2.43. The molecular formula is C18H26N4O3. The number of hydrogen-bond donors (Lipinski definition) is 0. The van der Waals surface area contributed by atoms with Gasteiger partial charge in [-0.1, -0.05) is 6.92 Å². The molecule has 7 nitrogen and oxygen atoms in total. The zero-order valence-electron chi connectivity index (χ0n) is 15.1. The first kappa shape index (κ1) is 16.7. The number of morpholine rings is 1. The number of likely N-dealkylation sites (tertiary alicyclic amines) is 1. The van der Waals surface area contributed by atoms with Crippen molar-refractivity contribution in [1.29, 1.82) is 0 Å². The Morgan fingerprint density at radius 3 is 2.76 bits per heavy atom. The summed E-state index contributed by atoms with van der Waals surface area (Å²) in [6.07, 6.45) is 1.45. The van der Waals surface area contributed by atoms with Gasteiger partial charge < -0.3 is 19.3 Å². The van der Waals surface area contributed by atoms with E-state index in [-0.39, 0.29) is 11.3 Å². The topological polar surface area (TPSA) is 67.8 Å². The number of rotatable bonds is 2. The highest BCUT2D eigenvalue weighted by Gasteiger charge is 2.46. The fraction of sp³-hybridized carbons (Fsp3) is 0.722. The zero-order valence-corrected chi connectivity index (χ0v) is 15.1. The van der Waals surface area contributed by atoms with E-state index in [1.807, 2.05) is 18.7 Å². The molecule has 0 N–H and O–H groups in total. The maximum atomic E-state index is 12.2. The average Bonchev–Trinajstić information content (AvgIpc) is 3.07. The summed E-state index contributed by atoms with van der Waals surface area (Å²) in [7, 11) is 0. The molecule has 1 spiro atoms. The quantitative estimate of drug-likeness (QED) is 0.797. The van der Waals surface area contributed by atoms with Crippen molar-refractivity contribution in [2.45, 2.75) is 38.7 Å². The second-order valence-corrected chi connectivity index (χ2v) is 7.23. The standard InChI is InChI=1S/C18H26N4O3/c1-3-15(23)22-5-4-18(11-22)12-25-10-14-13(2)19-17(20-16(14)18)21-6-8-24-9-7-21/h3-12H2,1-2H3. The molecule has 0 saturated carbocycles. The molecule has 2 saturated heterocycles. The minimum Gasteiger partial charge on any atom is -0.378 e. The molecule has 25 heavy (non-hydrogen) atoms. The van der Waals surface area contributed by atoms with E-state index in [0.29, 0.717) is 39.4 Å². The van der Waals surface area contributed by atoms with Crippen molar-refractivity contribution in [1.82, 2.24) is 14.9 Å². The molecule has 1 atom stereocenters. The van der Waals surface area contributed by atoms with Crippen LogP contribution in [0.25, 0.3) is 0 Å². The highest BCUT2D eigenvalue weighted by molar-refractivity contribution is 5.76. The number of nitrogens with zero attached hydrogens (tertiary/aromatic N) is 4. The van der Waals surface area contributed by atoms with Gasteiger partial charge in [0.05, 0.1) is 37.5 Å². The van der Waals surface area contributed by atoms with Crippen molar-refractivity contribution >= 4 is 11.9 Å². The van der Waals surface area contributed by atoms with E-state index in [1.54, 1.807) is 0 Å². The third kappa shape index (κ3) is 2.89. The van der Waals surface area contributed by atoms with Crippen LogP contribution in [-0.4, -0.2) is 66.8 Å². The Morgan fingerprint density at radius 1 is 1.20 bits per heavy atom. The smallest absolute Gasteiger partial charge is 0.225 e. The molecule has 0 bridgehead atoms. The second kappa shape index (κ2) is 6.53. The number of carbonyl (C=O) groups excluding carboxylic acids is 1. The molecule has 1 aromatic rings. The van der Waals surface area contributed by atoms with Gasteiger partial charge in [-0.15, -0.1) is 0 Å². The third-order valence-electron chi connectivity index (χ3n) is 5.63. The lowest BCUT2D eigenvalue weighted by Gasteiger charge is -2.36. The van der Waals surface area contributed by atoms with Gasteiger partial charge in [0.1, 0.15) is 0 Å². The Morgan fingerprint density at radius 2 is 2.00 bits per heavy atom. The van der Waals surface area contributed by atoms with Gasteiger partial charge in [0.15, 0.2) is 0 Å². The van der Waals surface area contributed by atoms with Crippen molar-refractivity contribution in [2.75, 3.05) is 50.9 Å². The van der Waals surface area contributed by atoms with E-state index in [4.69, 9.17) is 19.4 Å². The monoisotopic (exact) mass is 346 g/mol. The molecule has 3 aliphatic rings. The van der Waals surface area contributed by atoms with Crippen molar-refractivity contribution in [3.05, 3.63) is 17.0 Å². The van der Waals surface area contributed by atoms with Gasteiger partial charge in [-0.25, -0.2) is 9.97 Å². The fourth-order valence-corrected chi connectivity index (χ4v) is 4.13. The first-order valence-electron chi connectivity index (χ1n) is 9.19. The molecule has 4 rings (SSSR count). The lowest BCUT2D eigenvalue weighted by atomic mass is 9.80. The number of fused-ring (bicyclic) bond motifs is 2. The first-order chi connectivity index (χ1) is 12.1. The van der Waals surface area contributed by atoms with Gasteiger partial charge in [-0.3, -0.25) is 4.79 Å². The minimum atomic E-state index is -0.187. The molecule has 7 heteroatoms. The van der Waals surface area contributed by atoms with E-state index in [0.717, 1.165) is 49.0 Å². The summed E-state index contributed by atoms with van der Waals surface area (Å²) in [5.41, 5.74) is 3.01. The summed E-state index contributed by atoms with van der Waals surface area (Å²) < 4.78 is 11.4. The molecule has 2 fully saturated rings. The van der Waals surface area contributed by atoms with Gasteiger partial charge in [0.2, 0.25) is 11.9 Å². The van der Waals surface area contributed by atoms with Gasteiger partial charge in [0, 0.05) is 43.9 Å². The Balaban J connectivity index is 1.70. The lowest BCUT2D eigenvalue weighted by molar-refractivity contribution is -0.130. The molecule has 0 radical (unpaired) electrons. The van der Waals surface area contributed by atoms with Crippen LogP contribution >= 0.6 is 0 Å². The van der Waals surface area contributed by atoms with Crippen molar-refractivity contribution < 1.29 is 14.3 Å². The summed E-state index contributed by atoms with van der Waals surface area (Å²) in [6, 6.07) is 0. The van der Waals surface area contributed by atoms with Crippen LogP contribution in [0.2, 0.25) is 0 Å².